The van der Waals surface area contributed by atoms with Crippen LogP contribution in [0.2, 0.25) is 0 Å². The molecule has 2 rings (SSSR count). The standard InChI is InChI=1S/C10H9FN6OS/c1-17-15-9(14-16-17)13-10(19)12-8(18)6-4-2-3-5-7(6)11/h2-5H,1H3,(H2,12,13,15,18,19). The van der Waals surface area contributed by atoms with E-state index in [4.69, 9.17) is 12.2 Å². The zero-order valence-electron chi connectivity index (χ0n) is 9.79. The average molecular weight is 280 g/mol. The van der Waals surface area contributed by atoms with Crippen LogP contribution in [-0.2, 0) is 7.05 Å². The SMILES string of the molecule is Cn1nnc(NC(=S)NC(=O)c2ccccc2F)n1. The Balaban J connectivity index is 1.99. The molecule has 0 spiro atoms. The summed E-state index contributed by atoms with van der Waals surface area (Å²) in [5, 5.41) is 15.9. The molecule has 1 aromatic carbocycles. The van der Waals surface area contributed by atoms with Crippen molar-refractivity contribution in [2.75, 3.05) is 5.32 Å². The highest BCUT2D eigenvalue weighted by molar-refractivity contribution is 7.80. The number of nitrogens with one attached hydrogen (secondary N) is 2. The maximum Gasteiger partial charge on any atom is 0.269 e. The lowest BCUT2D eigenvalue weighted by atomic mass is 10.2. The van der Waals surface area contributed by atoms with Crippen molar-refractivity contribution in [3.05, 3.63) is 35.6 Å². The van der Waals surface area contributed by atoms with E-state index < -0.39 is 11.7 Å². The molecule has 0 aliphatic rings. The molecule has 0 aliphatic carbocycles. The number of thiocarbonyl (C=S) groups is 1. The van der Waals surface area contributed by atoms with Crippen molar-refractivity contribution in [3.63, 3.8) is 0 Å². The van der Waals surface area contributed by atoms with Gasteiger partial charge in [-0.15, -0.1) is 5.10 Å². The Labute approximate surface area is 112 Å². The number of benzene rings is 1. The number of aromatic nitrogens is 4. The molecule has 0 saturated heterocycles. The number of hydrogen-bond donors (Lipinski definition) is 2. The third-order valence-electron chi connectivity index (χ3n) is 2.08. The molecule has 9 heteroatoms. The van der Waals surface area contributed by atoms with Gasteiger partial charge in [0.25, 0.3) is 11.9 Å². The second-order valence-electron chi connectivity index (χ2n) is 3.49. The van der Waals surface area contributed by atoms with E-state index in [1.54, 1.807) is 13.1 Å². The predicted molar refractivity (Wildman–Crippen MR) is 68.9 cm³/mol. The van der Waals surface area contributed by atoms with Crippen LogP contribution in [0.1, 0.15) is 10.4 Å². The quantitative estimate of drug-likeness (QED) is 0.778. The summed E-state index contributed by atoms with van der Waals surface area (Å²) in [5.74, 6) is -1.14. The fraction of sp³-hybridized carbons (Fsp3) is 0.100. The molecule has 0 atom stereocenters. The minimum absolute atomic E-state index is 0.0405. The van der Waals surface area contributed by atoms with Crippen LogP contribution in [0.25, 0.3) is 0 Å². The van der Waals surface area contributed by atoms with E-state index in [2.05, 4.69) is 26.0 Å². The van der Waals surface area contributed by atoms with Gasteiger partial charge in [-0.1, -0.05) is 17.2 Å². The molecule has 0 radical (unpaired) electrons. The van der Waals surface area contributed by atoms with Gasteiger partial charge in [-0.25, -0.2) is 4.39 Å². The summed E-state index contributed by atoms with van der Waals surface area (Å²) in [7, 11) is 1.58. The lowest BCUT2D eigenvalue weighted by molar-refractivity contribution is 0.0974. The fourth-order valence-electron chi connectivity index (χ4n) is 1.28. The molecule has 7 nitrogen and oxygen atoms in total. The summed E-state index contributed by atoms with van der Waals surface area (Å²) in [6.45, 7) is 0. The molecule has 2 aromatic rings. The number of halogens is 1. The van der Waals surface area contributed by atoms with Gasteiger partial charge in [-0.2, -0.15) is 4.80 Å². The van der Waals surface area contributed by atoms with Gasteiger partial charge in [-0.05, 0) is 29.6 Å². The normalized spacial score (nSPS) is 10.0. The lowest BCUT2D eigenvalue weighted by Gasteiger charge is -2.06. The first kappa shape index (κ1) is 13.0. The van der Waals surface area contributed by atoms with E-state index in [-0.39, 0.29) is 16.6 Å². The minimum atomic E-state index is -0.653. The van der Waals surface area contributed by atoms with Crippen molar-refractivity contribution >= 4 is 29.2 Å². The molecule has 0 aliphatic heterocycles. The van der Waals surface area contributed by atoms with Crippen molar-refractivity contribution in [1.82, 2.24) is 25.5 Å². The highest BCUT2D eigenvalue weighted by Crippen LogP contribution is 2.05. The average Bonchev–Trinajstić information content (AvgIpc) is 2.74. The Kier molecular flexibility index (Phi) is 3.76. The van der Waals surface area contributed by atoms with Crippen molar-refractivity contribution in [2.24, 2.45) is 7.05 Å². The number of carbonyl (C=O) groups is 1. The monoisotopic (exact) mass is 280 g/mol. The minimum Gasteiger partial charge on any atom is -0.299 e. The Morgan fingerprint density at radius 3 is 2.79 bits per heavy atom. The van der Waals surface area contributed by atoms with Gasteiger partial charge < -0.3 is 0 Å². The second-order valence-corrected chi connectivity index (χ2v) is 3.90. The summed E-state index contributed by atoms with van der Waals surface area (Å²) >= 11 is 4.88. The third kappa shape index (κ3) is 3.28. The molecule has 0 saturated carbocycles. The van der Waals surface area contributed by atoms with E-state index in [1.165, 1.54) is 23.0 Å². The number of anilines is 1. The molecule has 1 aromatic heterocycles. The van der Waals surface area contributed by atoms with Gasteiger partial charge in [0.15, 0.2) is 5.11 Å². The number of rotatable bonds is 2. The number of nitrogens with zero attached hydrogens (tertiary/aromatic N) is 4. The molecule has 0 fully saturated rings. The molecule has 2 N–H and O–H groups in total. The molecule has 1 heterocycles. The van der Waals surface area contributed by atoms with Crippen LogP contribution in [0.3, 0.4) is 0 Å². The van der Waals surface area contributed by atoms with E-state index in [0.29, 0.717) is 0 Å². The Bertz CT molecular complexity index is 628. The first-order valence-corrected chi connectivity index (χ1v) is 5.58. The maximum atomic E-state index is 13.4. The number of hydrogen-bond acceptors (Lipinski definition) is 5. The summed E-state index contributed by atoms with van der Waals surface area (Å²) in [6, 6.07) is 5.59. The van der Waals surface area contributed by atoms with Crippen LogP contribution >= 0.6 is 12.2 Å². The number of tetrazole rings is 1. The number of amides is 1. The van der Waals surface area contributed by atoms with Crippen LogP contribution in [0, 0.1) is 5.82 Å². The van der Waals surface area contributed by atoms with Crippen molar-refractivity contribution < 1.29 is 9.18 Å². The van der Waals surface area contributed by atoms with Gasteiger partial charge in [-0.3, -0.25) is 15.4 Å². The first-order valence-electron chi connectivity index (χ1n) is 5.17. The van der Waals surface area contributed by atoms with Crippen molar-refractivity contribution in [2.45, 2.75) is 0 Å². The molecule has 19 heavy (non-hydrogen) atoms. The highest BCUT2D eigenvalue weighted by Gasteiger charge is 2.13. The van der Waals surface area contributed by atoms with E-state index in [9.17, 15) is 9.18 Å². The van der Waals surface area contributed by atoms with Crippen LogP contribution < -0.4 is 10.6 Å². The molecule has 0 unspecified atom stereocenters. The van der Waals surface area contributed by atoms with Gasteiger partial charge >= 0.3 is 0 Å². The zero-order chi connectivity index (χ0) is 13.8. The summed E-state index contributed by atoms with van der Waals surface area (Å²) in [4.78, 5) is 13.0. The van der Waals surface area contributed by atoms with E-state index in [0.717, 1.165) is 0 Å². The lowest BCUT2D eigenvalue weighted by Crippen LogP contribution is -2.34. The Morgan fingerprint density at radius 2 is 2.16 bits per heavy atom. The second kappa shape index (κ2) is 5.48. The van der Waals surface area contributed by atoms with Crippen LogP contribution in [0.15, 0.2) is 24.3 Å². The van der Waals surface area contributed by atoms with E-state index >= 15 is 0 Å². The molecular weight excluding hydrogens is 271 g/mol. The van der Waals surface area contributed by atoms with Crippen LogP contribution in [0.5, 0.6) is 0 Å². The predicted octanol–water partition coefficient (Wildman–Crippen LogP) is 0.476. The summed E-state index contributed by atoms with van der Waals surface area (Å²) in [5.41, 5.74) is -0.0984. The Hall–Kier alpha value is -2.42. The first-order chi connectivity index (χ1) is 9.06. The van der Waals surface area contributed by atoms with Crippen LogP contribution in [0.4, 0.5) is 10.3 Å². The maximum absolute atomic E-state index is 13.4. The van der Waals surface area contributed by atoms with Gasteiger partial charge in [0.1, 0.15) is 5.82 Å². The van der Waals surface area contributed by atoms with Crippen molar-refractivity contribution in [3.8, 4) is 0 Å². The number of aryl methyl sites for hydroxylation is 1. The Morgan fingerprint density at radius 1 is 1.42 bits per heavy atom. The smallest absolute Gasteiger partial charge is 0.269 e. The topological polar surface area (TPSA) is 84.7 Å². The van der Waals surface area contributed by atoms with Gasteiger partial charge in [0, 0.05) is 0 Å². The summed E-state index contributed by atoms with van der Waals surface area (Å²) < 4.78 is 13.4. The molecule has 98 valence electrons. The largest absolute Gasteiger partial charge is 0.299 e. The highest BCUT2D eigenvalue weighted by atomic mass is 32.1. The van der Waals surface area contributed by atoms with E-state index in [1.807, 2.05) is 0 Å². The molecular formula is C10H9FN6OS. The summed E-state index contributed by atoms with van der Waals surface area (Å²) in [6.07, 6.45) is 0. The third-order valence-corrected chi connectivity index (χ3v) is 2.28. The van der Waals surface area contributed by atoms with Gasteiger partial charge in [0.05, 0.1) is 12.6 Å². The molecule has 1 amide bonds. The van der Waals surface area contributed by atoms with Crippen LogP contribution in [-0.4, -0.2) is 31.2 Å². The fourth-order valence-corrected chi connectivity index (χ4v) is 1.47. The zero-order valence-corrected chi connectivity index (χ0v) is 10.6. The van der Waals surface area contributed by atoms with Gasteiger partial charge in [0.2, 0.25) is 0 Å². The number of carbonyl (C=O) groups excluding carboxylic acids is 1. The van der Waals surface area contributed by atoms with Crippen molar-refractivity contribution in [1.29, 1.82) is 0 Å². The molecule has 0 bridgehead atoms.